The Morgan fingerprint density at radius 2 is 1.72 bits per heavy atom. The van der Waals surface area contributed by atoms with Crippen molar-refractivity contribution in [3.05, 3.63) is 52.5 Å². The van der Waals surface area contributed by atoms with Gasteiger partial charge in [0.05, 0.1) is 21.3 Å². The van der Waals surface area contributed by atoms with Gasteiger partial charge in [0.1, 0.15) is 12.4 Å². The van der Waals surface area contributed by atoms with E-state index in [1.54, 1.807) is 39.5 Å². The number of carbonyl (C=O) groups is 1. The number of esters is 1. The lowest BCUT2D eigenvalue weighted by Gasteiger charge is -2.13. The van der Waals surface area contributed by atoms with Crippen LogP contribution in [-0.2, 0) is 22.6 Å². The van der Waals surface area contributed by atoms with E-state index in [0.29, 0.717) is 28.7 Å². The molecule has 0 aliphatic heterocycles. The van der Waals surface area contributed by atoms with E-state index in [2.05, 4.69) is 0 Å². The van der Waals surface area contributed by atoms with Gasteiger partial charge >= 0.3 is 5.97 Å². The van der Waals surface area contributed by atoms with Gasteiger partial charge in [-0.25, -0.2) is 0 Å². The smallest absolute Gasteiger partial charge is 0.306 e. The molecule has 0 aromatic heterocycles. The largest absolute Gasteiger partial charge is 0.496 e. The zero-order chi connectivity index (χ0) is 18.2. The Morgan fingerprint density at radius 1 is 0.960 bits per heavy atom. The fourth-order valence-corrected chi connectivity index (χ4v) is 2.67. The summed E-state index contributed by atoms with van der Waals surface area (Å²) in [5.41, 5.74) is 1.61. The van der Waals surface area contributed by atoms with Crippen molar-refractivity contribution < 1.29 is 23.7 Å². The molecule has 0 saturated heterocycles. The fraction of sp³-hybridized carbons (Fsp3) is 0.316. The summed E-state index contributed by atoms with van der Waals surface area (Å²) in [4.78, 5) is 12.1. The highest BCUT2D eigenvalue weighted by molar-refractivity contribution is 6.30. The van der Waals surface area contributed by atoms with Gasteiger partial charge in [0.15, 0.2) is 11.5 Å². The molecule has 6 heteroatoms. The highest BCUT2D eigenvalue weighted by Crippen LogP contribution is 2.31. The van der Waals surface area contributed by atoms with Crippen molar-refractivity contribution in [3.8, 4) is 17.2 Å². The number of methoxy groups -OCH3 is 3. The molecular weight excluding hydrogens is 344 g/mol. The Morgan fingerprint density at radius 3 is 2.40 bits per heavy atom. The summed E-state index contributed by atoms with van der Waals surface area (Å²) in [5.74, 6) is 1.59. The van der Waals surface area contributed by atoms with Gasteiger partial charge in [0, 0.05) is 17.0 Å². The number of benzene rings is 2. The second-order valence-electron chi connectivity index (χ2n) is 5.27. The number of hydrogen-bond donors (Lipinski definition) is 0. The number of ether oxygens (including phenoxy) is 4. The first kappa shape index (κ1) is 18.9. The zero-order valence-corrected chi connectivity index (χ0v) is 15.3. The first-order chi connectivity index (χ1) is 12.1. The summed E-state index contributed by atoms with van der Waals surface area (Å²) >= 11 is 5.97. The molecule has 0 heterocycles. The summed E-state index contributed by atoms with van der Waals surface area (Å²) in [7, 11) is 4.71. The van der Waals surface area contributed by atoms with Crippen LogP contribution in [0.15, 0.2) is 36.4 Å². The molecule has 0 N–H and O–H groups in total. The molecule has 2 aromatic carbocycles. The Labute approximate surface area is 152 Å². The minimum Gasteiger partial charge on any atom is -0.496 e. The average Bonchev–Trinajstić information content (AvgIpc) is 2.64. The third kappa shape index (κ3) is 5.03. The quantitative estimate of drug-likeness (QED) is 0.661. The van der Waals surface area contributed by atoms with Crippen molar-refractivity contribution >= 4 is 17.6 Å². The maximum Gasteiger partial charge on any atom is 0.306 e. The Balaban J connectivity index is 1.95. The monoisotopic (exact) mass is 364 g/mol. The van der Waals surface area contributed by atoms with Gasteiger partial charge in [-0.1, -0.05) is 23.7 Å². The summed E-state index contributed by atoms with van der Waals surface area (Å²) < 4.78 is 21.2. The predicted octanol–water partition coefficient (Wildman–Crippen LogP) is 4.04. The van der Waals surface area contributed by atoms with Crippen LogP contribution in [0.2, 0.25) is 5.02 Å². The third-order valence-electron chi connectivity index (χ3n) is 3.71. The van der Waals surface area contributed by atoms with Crippen molar-refractivity contribution in [2.24, 2.45) is 0 Å². The number of carbonyl (C=O) groups excluding carboxylic acids is 1. The maximum atomic E-state index is 12.1. The van der Waals surface area contributed by atoms with Crippen molar-refractivity contribution in [1.29, 1.82) is 0 Å². The molecule has 0 unspecified atom stereocenters. The lowest BCUT2D eigenvalue weighted by molar-refractivity contribution is -0.144. The van der Waals surface area contributed by atoms with Gasteiger partial charge in [-0.05, 0) is 36.2 Å². The molecule has 0 atom stereocenters. The average molecular weight is 365 g/mol. The van der Waals surface area contributed by atoms with Crippen LogP contribution >= 0.6 is 11.6 Å². The van der Waals surface area contributed by atoms with Crippen LogP contribution in [0.25, 0.3) is 0 Å². The van der Waals surface area contributed by atoms with E-state index in [1.165, 1.54) is 0 Å². The van der Waals surface area contributed by atoms with Crippen LogP contribution < -0.4 is 14.2 Å². The molecule has 25 heavy (non-hydrogen) atoms. The first-order valence-electron chi connectivity index (χ1n) is 7.77. The van der Waals surface area contributed by atoms with Crippen LogP contribution in [0.3, 0.4) is 0 Å². The number of hydrogen-bond acceptors (Lipinski definition) is 5. The number of rotatable bonds is 8. The predicted molar refractivity (Wildman–Crippen MR) is 95.7 cm³/mol. The van der Waals surface area contributed by atoms with Crippen molar-refractivity contribution in [2.75, 3.05) is 21.3 Å². The number of para-hydroxylation sites is 1. The molecule has 134 valence electrons. The minimum absolute atomic E-state index is 0.109. The van der Waals surface area contributed by atoms with Crippen molar-refractivity contribution in [3.63, 3.8) is 0 Å². The fourth-order valence-electron chi connectivity index (χ4n) is 2.48. The van der Waals surface area contributed by atoms with E-state index in [4.69, 9.17) is 30.5 Å². The summed E-state index contributed by atoms with van der Waals surface area (Å²) in [5, 5.41) is 0.563. The molecule has 0 saturated carbocycles. The molecule has 2 rings (SSSR count). The summed E-state index contributed by atoms with van der Waals surface area (Å²) in [6, 6.07) is 10.8. The SMILES string of the molecule is COc1ccc(Cl)cc1COC(=O)CCc1cccc(OC)c1OC. The van der Waals surface area contributed by atoms with Crippen LogP contribution in [0, 0.1) is 0 Å². The Kier molecular flexibility index (Phi) is 6.95. The lowest BCUT2D eigenvalue weighted by Crippen LogP contribution is -2.07. The van der Waals surface area contributed by atoms with Crippen molar-refractivity contribution in [1.82, 2.24) is 0 Å². The normalized spacial score (nSPS) is 10.2. The number of aryl methyl sites for hydroxylation is 1. The Hall–Kier alpha value is -2.40. The van der Waals surface area contributed by atoms with Crippen LogP contribution in [0.4, 0.5) is 0 Å². The lowest BCUT2D eigenvalue weighted by atomic mass is 10.1. The molecule has 0 aliphatic rings. The molecule has 2 aromatic rings. The van der Waals surface area contributed by atoms with Gasteiger partial charge < -0.3 is 18.9 Å². The molecule has 0 radical (unpaired) electrons. The highest BCUT2D eigenvalue weighted by atomic mass is 35.5. The standard InChI is InChI=1S/C19H21ClO5/c1-22-16-9-8-15(20)11-14(16)12-25-18(21)10-7-13-5-4-6-17(23-2)19(13)24-3/h4-6,8-9,11H,7,10,12H2,1-3H3. The zero-order valence-electron chi connectivity index (χ0n) is 14.5. The van der Waals surface area contributed by atoms with Gasteiger partial charge in [-0.3, -0.25) is 4.79 Å². The van der Waals surface area contributed by atoms with E-state index in [1.807, 2.05) is 18.2 Å². The molecule has 5 nitrogen and oxygen atoms in total. The molecule has 0 bridgehead atoms. The first-order valence-corrected chi connectivity index (χ1v) is 8.14. The van der Waals surface area contributed by atoms with Crippen LogP contribution in [0.5, 0.6) is 17.2 Å². The summed E-state index contributed by atoms with van der Waals surface area (Å²) in [6.07, 6.45) is 0.721. The van der Waals surface area contributed by atoms with Gasteiger partial charge in [-0.15, -0.1) is 0 Å². The second-order valence-corrected chi connectivity index (χ2v) is 5.71. The van der Waals surface area contributed by atoms with Crippen LogP contribution in [-0.4, -0.2) is 27.3 Å². The Bertz CT molecular complexity index is 730. The van der Waals surface area contributed by atoms with Crippen molar-refractivity contribution in [2.45, 2.75) is 19.4 Å². The van der Waals surface area contributed by atoms with Gasteiger partial charge in [0.25, 0.3) is 0 Å². The molecule has 0 aliphatic carbocycles. The van der Waals surface area contributed by atoms with Crippen LogP contribution in [0.1, 0.15) is 17.5 Å². The molecule has 0 spiro atoms. The third-order valence-corrected chi connectivity index (χ3v) is 3.95. The van der Waals surface area contributed by atoms with E-state index in [0.717, 1.165) is 11.1 Å². The van der Waals surface area contributed by atoms with E-state index < -0.39 is 0 Å². The van der Waals surface area contributed by atoms with Gasteiger partial charge in [0.2, 0.25) is 0 Å². The van der Waals surface area contributed by atoms with Gasteiger partial charge in [-0.2, -0.15) is 0 Å². The highest BCUT2D eigenvalue weighted by Gasteiger charge is 2.13. The molecular formula is C19H21ClO5. The van der Waals surface area contributed by atoms with E-state index >= 15 is 0 Å². The second kappa shape index (κ2) is 9.18. The summed E-state index contributed by atoms with van der Waals surface area (Å²) in [6.45, 7) is 0.109. The topological polar surface area (TPSA) is 54.0 Å². The van der Waals surface area contributed by atoms with E-state index in [-0.39, 0.29) is 19.0 Å². The number of halogens is 1. The molecule has 0 fully saturated rings. The maximum absolute atomic E-state index is 12.1. The van der Waals surface area contributed by atoms with E-state index in [9.17, 15) is 4.79 Å². The molecule has 0 amide bonds. The minimum atomic E-state index is -0.313.